The van der Waals surface area contributed by atoms with Gasteiger partial charge >= 0.3 is 0 Å². The van der Waals surface area contributed by atoms with Crippen LogP contribution in [0.3, 0.4) is 0 Å². The van der Waals surface area contributed by atoms with Gasteiger partial charge in [0.1, 0.15) is 5.76 Å². The molecule has 0 fully saturated rings. The second-order valence-electron chi connectivity index (χ2n) is 4.69. The van der Waals surface area contributed by atoms with Gasteiger partial charge in [0.15, 0.2) is 0 Å². The van der Waals surface area contributed by atoms with Gasteiger partial charge in [0.2, 0.25) is 0 Å². The average molecular weight is 244 g/mol. The van der Waals surface area contributed by atoms with Gasteiger partial charge in [-0.3, -0.25) is 0 Å². The second-order valence-corrected chi connectivity index (χ2v) is 4.69. The molecule has 0 aliphatic carbocycles. The summed E-state index contributed by atoms with van der Waals surface area (Å²) in [4.78, 5) is 2.28. The van der Waals surface area contributed by atoms with Crippen LogP contribution in [0.15, 0.2) is 41.0 Å². The van der Waals surface area contributed by atoms with Crippen LogP contribution in [0.25, 0.3) is 0 Å². The molecule has 0 spiro atoms. The molecule has 0 atom stereocenters. The van der Waals surface area contributed by atoms with Crippen LogP contribution in [0.2, 0.25) is 0 Å². The summed E-state index contributed by atoms with van der Waals surface area (Å²) in [5.41, 5.74) is 9.28. The lowest BCUT2D eigenvalue weighted by atomic mass is 10.1. The van der Waals surface area contributed by atoms with Crippen molar-refractivity contribution < 1.29 is 4.42 Å². The molecule has 2 N–H and O–H groups in total. The van der Waals surface area contributed by atoms with Gasteiger partial charge in [-0.1, -0.05) is 18.2 Å². The highest BCUT2D eigenvalue weighted by Crippen LogP contribution is 2.14. The maximum absolute atomic E-state index is 5.93. The number of nitrogen functional groups attached to an aromatic ring is 1. The number of furan rings is 1. The van der Waals surface area contributed by atoms with Gasteiger partial charge in [0.25, 0.3) is 0 Å². The van der Waals surface area contributed by atoms with Crippen molar-refractivity contribution in [3.05, 3.63) is 53.5 Å². The molecule has 3 nitrogen and oxygen atoms in total. The number of rotatable bonds is 5. The summed E-state index contributed by atoms with van der Waals surface area (Å²) in [6, 6.07) is 10.1. The molecular weight excluding hydrogens is 224 g/mol. The normalized spacial score (nSPS) is 11.1. The first-order valence-electron chi connectivity index (χ1n) is 6.21. The van der Waals surface area contributed by atoms with Crippen LogP contribution in [-0.2, 0) is 13.0 Å². The molecule has 2 aromatic rings. The van der Waals surface area contributed by atoms with Gasteiger partial charge in [-0.25, -0.2) is 0 Å². The van der Waals surface area contributed by atoms with Crippen molar-refractivity contribution >= 4 is 5.69 Å². The minimum absolute atomic E-state index is 0.880. The van der Waals surface area contributed by atoms with Crippen molar-refractivity contribution in [2.24, 2.45) is 0 Å². The number of anilines is 1. The summed E-state index contributed by atoms with van der Waals surface area (Å²) >= 11 is 0. The summed E-state index contributed by atoms with van der Waals surface area (Å²) in [6.07, 6.45) is 2.72. The molecular formula is C15H20N2O. The molecule has 0 saturated carbocycles. The molecule has 1 aromatic heterocycles. The van der Waals surface area contributed by atoms with E-state index in [0.29, 0.717) is 0 Å². The number of para-hydroxylation sites is 1. The summed E-state index contributed by atoms with van der Waals surface area (Å²) in [6.45, 7) is 3.90. The maximum atomic E-state index is 5.93. The topological polar surface area (TPSA) is 42.4 Å². The Kier molecular flexibility index (Phi) is 4.05. The molecule has 1 heterocycles. The third-order valence-electron chi connectivity index (χ3n) is 3.22. The van der Waals surface area contributed by atoms with E-state index in [0.717, 1.165) is 31.0 Å². The van der Waals surface area contributed by atoms with Crippen LogP contribution >= 0.6 is 0 Å². The Balaban J connectivity index is 1.87. The average Bonchev–Trinajstić information content (AvgIpc) is 2.74. The zero-order valence-corrected chi connectivity index (χ0v) is 11.0. The fourth-order valence-corrected chi connectivity index (χ4v) is 2.02. The molecule has 0 radical (unpaired) electrons. The minimum atomic E-state index is 0.880. The molecule has 0 amide bonds. The van der Waals surface area contributed by atoms with Crippen molar-refractivity contribution in [2.75, 3.05) is 19.3 Å². The lowest BCUT2D eigenvalue weighted by molar-refractivity contribution is 0.328. The third kappa shape index (κ3) is 3.14. The van der Waals surface area contributed by atoms with Crippen LogP contribution in [0, 0.1) is 6.92 Å². The lowest BCUT2D eigenvalue weighted by Gasteiger charge is -2.16. The van der Waals surface area contributed by atoms with Crippen molar-refractivity contribution in [3.63, 3.8) is 0 Å². The number of hydrogen-bond donors (Lipinski definition) is 1. The molecule has 0 aliphatic heterocycles. The van der Waals surface area contributed by atoms with Crippen molar-refractivity contribution in [1.82, 2.24) is 4.90 Å². The van der Waals surface area contributed by atoms with Crippen LogP contribution < -0.4 is 5.73 Å². The molecule has 96 valence electrons. The van der Waals surface area contributed by atoms with Gasteiger partial charge in [-0.2, -0.15) is 0 Å². The van der Waals surface area contributed by atoms with Crippen molar-refractivity contribution in [1.29, 1.82) is 0 Å². The molecule has 18 heavy (non-hydrogen) atoms. The van der Waals surface area contributed by atoms with Crippen LogP contribution in [-0.4, -0.2) is 18.5 Å². The summed E-state index contributed by atoms with van der Waals surface area (Å²) < 4.78 is 5.30. The molecule has 0 bridgehead atoms. The van der Waals surface area contributed by atoms with E-state index in [1.165, 1.54) is 11.1 Å². The Morgan fingerprint density at radius 2 is 1.94 bits per heavy atom. The summed E-state index contributed by atoms with van der Waals surface area (Å²) in [5.74, 6) is 1.00. The Labute approximate surface area is 108 Å². The first kappa shape index (κ1) is 12.7. The summed E-state index contributed by atoms with van der Waals surface area (Å²) in [7, 11) is 2.12. The van der Waals surface area contributed by atoms with Crippen LogP contribution in [0.4, 0.5) is 5.69 Å². The fraction of sp³-hybridized carbons (Fsp3) is 0.333. The molecule has 1 aromatic carbocycles. The van der Waals surface area contributed by atoms with E-state index in [1.807, 2.05) is 31.2 Å². The molecule has 0 unspecified atom stereocenters. The lowest BCUT2D eigenvalue weighted by Crippen LogP contribution is -2.21. The SMILES string of the molecule is Cc1occc1CN(C)CCc1ccccc1N. The second kappa shape index (κ2) is 5.74. The zero-order chi connectivity index (χ0) is 13.0. The Bertz CT molecular complexity index is 505. The third-order valence-corrected chi connectivity index (χ3v) is 3.22. The zero-order valence-electron chi connectivity index (χ0n) is 11.0. The predicted molar refractivity (Wildman–Crippen MR) is 74.3 cm³/mol. The van der Waals surface area contributed by atoms with Gasteiger partial charge in [-0.05, 0) is 38.1 Å². The fourth-order valence-electron chi connectivity index (χ4n) is 2.02. The van der Waals surface area contributed by atoms with Crippen molar-refractivity contribution in [3.8, 4) is 0 Å². The summed E-state index contributed by atoms with van der Waals surface area (Å²) in [5, 5.41) is 0. The Morgan fingerprint density at radius 1 is 1.17 bits per heavy atom. The van der Waals surface area contributed by atoms with E-state index in [9.17, 15) is 0 Å². The van der Waals surface area contributed by atoms with E-state index in [2.05, 4.69) is 18.0 Å². The highest BCUT2D eigenvalue weighted by atomic mass is 16.3. The molecule has 3 heteroatoms. The van der Waals surface area contributed by atoms with Crippen LogP contribution in [0.5, 0.6) is 0 Å². The van der Waals surface area contributed by atoms with E-state index < -0.39 is 0 Å². The number of aryl methyl sites for hydroxylation is 1. The Hall–Kier alpha value is -1.74. The number of nitrogens with zero attached hydrogens (tertiary/aromatic N) is 1. The predicted octanol–water partition coefficient (Wildman–Crippen LogP) is 2.84. The maximum Gasteiger partial charge on any atom is 0.105 e. The highest BCUT2D eigenvalue weighted by Gasteiger charge is 2.06. The minimum Gasteiger partial charge on any atom is -0.469 e. The van der Waals surface area contributed by atoms with Gasteiger partial charge in [0.05, 0.1) is 6.26 Å². The first-order valence-corrected chi connectivity index (χ1v) is 6.21. The van der Waals surface area contributed by atoms with E-state index in [-0.39, 0.29) is 0 Å². The van der Waals surface area contributed by atoms with E-state index >= 15 is 0 Å². The quantitative estimate of drug-likeness (QED) is 0.822. The van der Waals surface area contributed by atoms with Gasteiger partial charge < -0.3 is 15.1 Å². The standard InChI is InChI=1S/C15H20N2O/c1-12-14(8-10-18-12)11-17(2)9-7-13-5-3-4-6-15(13)16/h3-6,8,10H,7,9,11,16H2,1-2H3. The number of hydrogen-bond acceptors (Lipinski definition) is 3. The largest absolute Gasteiger partial charge is 0.469 e. The van der Waals surface area contributed by atoms with Gasteiger partial charge in [-0.15, -0.1) is 0 Å². The van der Waals surface area contributed by atoms with E-state index in [1.54, 1.807) is 6.26 Å². The molecule has 0 saturated heterocycles. The number of nitrogens with two attached hydrogens (primary N) is 1. The van der Waals surface area contributed by atoms with E-state index in [4.69, 9.17) is 10.2 Å². The highest BCUT2D eigenvalue weighted by molar-refractivity contribution is 5.46. The Morgan fingerprint density at radius 3 is 2.61 bits per heavy atom. The van der Waals surface area contributed by atoms with Gasteiger partial charge in [0, 0.05) is 24.3 Å². The first-order chi connectivity index (χ1) is 8.66. The number of benzene rings is 1. The smallest absolute Gasteiger partial charge is 0.105 e. The van der Waals surface area contributed by atoms with Crippen LogP contribution in [0.1, 0.15) is 16.9 Å². The molecule has 0 aliphatic rings. The van der Waals surface area contributed by atoms with Crippen molar-refractivity contribution in [2.45, 2.75) is 19.9 Å². The molecule has 2 rings (SSSR count). The monoisotopic (exact) mass is 244 g/mol. The number of likely N-dealkylation sites (N-methyl/N-ethyl adjacent to an activating group) is 1.